The van der Waals surface area contributed by atoms with Crippen molar-refractivity contribution in [3.05, 3.63) is 83.1 Å². The Morgan fingerprint density at radius 2 is 1.61 bits per heavy atom. The normalized spacial score (nSPS) is 13.7. The van der Waals surface area contributed by atoms with Crippen LogP contribution in [-0.2, 0) is 6.42 Å². The molecule has 1 nitrogen and oxygen atoms in total. The van der Waals surface area contributed by atoms with Crippen molar-refractivity contribution < 1.29 is 0 Å². The molecular weight excluding hydrogens is 218 g/mol. The van der Waals surface area contributed by atoms with Crippen LogP contribution >= 0.6 is 0 Å². The molecule has 0 saturated carbocycles. The number of rotatable bonds is 1. The quantitative estimate of drug-likeness (QED) is 0.708. The zero-order chi connectivity index (χ0) is 12.4. The maximum atomic E-state index is 4.63. The van der Waals surface area contributed by atoms with E-state index in [2.05, 4.69) is 66.5 Å². The van der Waals surface area contributed by atoms with Crippen LogP contribution in [0, 0.1) is 6.92 Å². The molecule has 0 radical (unpaired) electrons. The van der Waals surface area contributed by atoms with Gasteiger partial charge in [0.15, 0.2) is 0 Å². The smallest absolute Gasteiger partial charge is 0.0779 e. The van der Waals surface area contributed by atoms with Gasteiger partial charge in [0.2, 0.25) is 0 Å². The number of aryl methyl sites for hydroxylation is 1. The Hall–Kier alpha value is -2.15. The molecule has 18 heavy (non-hydrogen) atoms. The summed E-state index contributed by atoms with van der Waals surface area (Å²) in [6.45, 7) is 2.13. The first-order valence-corrected chi connectivity index (χ1v) is 6.23. The molecule has 0 N–H and O–H groups in total. The summed E-state index contributed by atoms with van der Waals surface area (Å²) in [6, 6.07) is 16.9. The van der Waals surface area contributed by atoms with E-state index < -0.39 is 0 Å². The molecule has 1 aliphatic rings. The van der Waals surface area contributed by atoms with Crippen LogP contribution in [0.5, 0.6) is 0 Å². The molecule has 0 fully saturated rings. The Kier molecular flexibility index (Phi) is 2.81. The highest BCUT2D eigenvalue weighted by Crippen LogP contribution is 2.21. The van der Waals surface area contributed by atoms with Gasteiger partial charge in [-0.15, -0.1) is 0 Å². The molecule has 88 valence electrons. The van der Waals surface area contributed by atoms with Gasteiger partial charge in [-0.1, -0.05) is 54.6 Å². The van der Waals surface area contributed by atoms with Crippen LogP contribution in [0.15, 0.2) is 65.8 Å². The van der Waals surface area contributed by atoms with Gasteiger partial charge in [-0.25, -0.2) is 0 Å². The zero-order valence-electron chi connectivity index (χ0n) is 10.4. The van der Waals surface area contributed by atoms with E-state index in [1.54, 1.807) is 0 Å². The highest BCUT2D eigenvalue weighted by atomic mass is 14.7. The van der Waals surface area contributed by atoms with Crippen LogP contribution in [0.4, 0.5) is 0 Å². The summed E-state index contributed by atoms with van der Waals surface area (Å²) in [5.41, 5.74) is 6.15. The van der Waals surface area contributed by atoms with Gasteiger partial charge in [-0.3, -0.25) is 4.99 Å². The van der Waals surface area contributed by atoms with Gasteiger partial charge in [0.05, 0.1) is 5.71 Å². The summed E-state index contributed by atoms with van der Waals surface area (Å²) < 4.78 is 0. The van der Waals surface area contributed by atoms with E-state index in [9.17, 15) is 0 Å². The minimum atomic E-state index is 0.953. The molecule has 0 atom stereocenters. The minimum Gasteiger partial charge on any atom is -0.256 e. The Labute approximate surface area is 108 Å². The third kappa shape index (κ3) is 1.88. The summed E-state index contributed by atoms with van der Waals surface area (Å²) in [5.74, 6) is 0. The molecule has 0 bridgehead atoms. The number of allylic oxidation sites excluding steroid dienone is 1. The number of benzene rings is 2. The fourth-order valence-corrected chi connectivity index (χ4v) is 2.36. The van der Waals surface area contributed by atoms with Gasteiger partial charge in [0.25, 0.3) is 0 Å². The van der Waals surface area contributed by atoms with Crippen LogP contribution in [0.1, 0.15) is 22.3 Å². The molecule has 1 heteroatoms. The maximum absolute atomic E-state index is 4.63. The van der Waals surface area contributed by atoms with Gasteiger partial charge < -0.3 is 0 Å². The topological polar surface area (TPSA) is 12.4 Å². The maximum Gasteiger partial charge on any atom is 0.0779 e. The van der Waals surface area contributed by atoms with E-state index >= 15 is 0 Å². The second-order valence-corrected chi connectivity index (χ2v) is 4.54. The van der Waals surface area contributed by atoms with Gasteiger partial charge in [0, 0.05) is 17.3 Å². The van der Waals surface area contributed by atoms with Crippen molar-refractivity contribution in [3.8, 4) is 0 Å². The van der Waals surface area contributed by atoms with Crippen LogP contribution < -0.4 is 0 Å². The van der Waals surface area contributed by atoms with E-state index in [4.69, 9.17) is 0 Å². The fraction of sp³-hybridized carbons (Fsp3) is 0.118. The van der Waals surface area contributed by atoms with Crippen LogP contribution in [0.2, 0.25) is 0 Å². The molecule has 0 aliphatic carbocycles. The summed E-state index contributed by atoms with van der Waals surface area (Å²) in [5, 5.41) is 0. The lowest BCUT2D eigenvalue weighted by Gasteiger charge is -2.11. The van der Waals surface area contributed by atoms with Crippen molar-refractivity contribution in [2.24, 2.45) is 4.99 Å². The standard InChI is InChI=1S/C17H15N/c1-13-7-2-4-10-15(13)17-16-11-5-3-8-14(16)9-6-12-18-17/h2-8,10-12H,9H2,1H3. The average molecular weight is 233 g/mol. The van der Waals surface area contributed by atoms with Crippen LogP contribution in [0.25, 0.3) is 0 Å². The van der Waals surface area contributed by atoms with Crippen molar-refractivity contribution in [1.29, 1.82) is 0 Å². The molecular formula is C17H15N. The molecule has 2 aromatic carbocycles. The summed E-state index contributed by atoms with van der Waals surface area (Å²) in [7, 11) is 0. The first-order valence-electron chi connectivity index (χ1n) is 6.23. The van der Waals surface area contributed by atoms with Crippen LogP contribution in [0.3, 0.4) is 0 Å². The van der Waals surface area contributed by atoms with Crippen molar-refractivity contribution in [1.82, 2.24) is 0 Å². The second kappa shape index (κ2) is 4.61. The largest absolute Gasteiger partial charge is 0.256 e. The molecule has 0 spiro atoms. The summed E-state index contributed by atoms with van der Waals surface area (Å²) in [6.07, 6.45) is 4.99. The van der Waals surface area contributed by atoms with E-state index in [0.29, 0.717) is 0 Å². The zero-order valence-corrected chi connectivity index (χ0v) is 10.4. The highest BCUT2D eigenvalue weighted by Gasteiger charge is 2.13. The second-order valence-electron chi connectivity index (χ2n) is 4.54. The van der Waals surface area contributed by atoms with E-state index in [1.807, 2.05) is 6.20 Å². The number of nitrogens with zero attached hydrogens (tertiary/aromatic N) is 1. The van der Waals surface area contributed by atoms with E-state index in [0.717, 1.165) is 12.1 Å². The molecule has 3 rings (SSSR count). The Balaban J connectivity index is 2.21. The van der Waals surface area contributed by atoms with E-state index in [1.165, 1.54) is 22.3 Å². The molecule has 0 unspecified atom stereocenters. The van der Waals surface area contributed by atoms with Gasteiger partial charge in [0.1, 0.15) is 0 Å². The molecule has 0 amide bonds. The summed E-state index contributed by atoms with van der Waals surface area (Å²) >= 11 is 0. The highest BCUT2D eigenvalue weighted by molar-refractivity contribution is 6.15. The number of fused-ring (bicyclic) bond motifs is 1. The predicted molar refractivity (Wildman–Crippen MR) is 76.1 cm³/mol. The van der Waals surface area contributed by atoms with Crippen molar-refractivity contribution in [2.45, 2.75) is 13.3 Å². The minimum absolute atomic E-state index is 0.953. The molecule has 1 aliphatic heterocycles. The third-order valence-electron chi connectivity index (χ3n) is 3.32. The molecule has 2 aromatic rings. The number of hydrogen-bond acceptors (Lipinski definition) is 1. The Morgan fingerprint density at radius 3 is 2.44 bits per heavy atom. The molecule has 0 aromatic heterocycles. The molecule has 0 saturated heterocycles. The fourth-order valence-electron chi connectivity index (χ4n) is 2.36. The van der Waals surface area contributed by atoms with Crippen molar-refractivity contribution >= 4 is 5.71 Å². The average Bonchev–Trinajstić information content (AvgIpc) is 2.62. The summed E-state index contributed by atoms with van der Waals surface area (Å²) in [4.78, 5) is 4.63. The SMILES string of the molecule is Cc1ccccc1C1=NC=CCc2ccccc21. The van der Waals surface area contributed by atoms with E-state index in [-0.39, 0.29) is 0 Å². The van der Waals surface area contributed by atoms with Gasteiger partial charge in [-0.05, 0) is 24.5 Å². The van der Waals surface area contributed by atoms with Gasteiger partial charge in [-0.2, -0.15) is 0 Å². The Morgan fingerprint density at radius 1 is 0.889 bits per heavy atom. The Bertz CT molecular complexity index is 636. The lowest BCUT2D eigenvalue weighted by Crippen LogP contribution is -2.07. The lowest BCUT2D eigenvalue weighted by molar-refractivity contribution is 1.26. The van der Waals surface area contributed by atoms with Gasteiger partial charge >= 0.3 is 0 Å². The number of aliphatic imine (C=N–C) groups is 1. The van der Waals surface area contributed by atoms with Crippen LogP contribution in [-0.4, -0.2) is 5.71 Å². The monoisotopic (exact) mass is 233 g/mol. The lowest BCUT2D eigenvalue weighted by atomic mass is 9.94. The first-order chi connectivity index (χ1) is 8.86. The molecule has 1 heterocycles. The number of hydrogen-bond donors (Lipinski definition) is 0. The van der Waals surface area contributed by atoms with Crippen molar-refractivity contribution in [2.75, 3.05) is 0 Å². The third-order valence-corrected chi connectivity index (χ3v) is 3.32. The predicted octanol–water partition coefficient (Wildman–Crippen LogP) is 3.90. The van der Waals surface area contributed by atoms with Crippen molar-refractivity contribution in [3.63, 3.8) is 0 Å². The first kappa shape index (κ1) is 11.0.